The first-order valence-corrected chi connectivity index (χ1v) is 12.6. The average Bonchev–Trinajstić information content (AvgIpc) is 2.78. The van der Waals surface area contributed by atoms with Crippen molar-refractivity contribution in [2.24, 2.45) is 5.73 Å². The predicted octanol–water partition coefficient (Wildman–Crippen LogP) is 2.34. The van der Waals surface area contributed by atoms with Gasteiger partial charge < -0.3 is 20.9 Å². The molecule has 182 valence electrons. The number of nitrogens with zero attached hydrogens (tertiary/aromatic N) is 1. The van der Waals surface area contributed by atoms with Gasteiger partial charge in [0, 0.05) is 5.56 Å². The number of carboxylic acids is 1. The third kappa shape index (κ3) is 6.82. The summed E-state index contributed by atoms with van der Waals surface area (Å²) in [4.78, 5) is 11.2. The number of ether oxygens (including phenoxy) is 1. The lowest BCUT2D eigenvalue weighted by Gasteiger charge is -2.25. The Morgan fingerprint density at radius 2 is 1.91 bits per heavy atom. The molecule has 5 N–H and O–H groups in total. The van der Waals surface area contributed by atoms with Crippen LogP contribution < -0.4 is 20.1 Å². The SMILES string of the molecule is Cc1ccc(C(=N)N)cc1/C=C/CN(c1ccc(OC2CCNCC2)cc1)S(=O)(=O)CC(=O)O. The van der Waals surface area contributed by atoms with E-state index in [4.69, 9.17) is 21.0 Å². The van der Waals surface area contributed by atoms with Crippen molar-refractivity contribution in [2.75, 3.05) is 29.7 Å². The molecule has 0 bridgehead atoms. The van der Waals surface area contributed by atoms with E-state index in [1.54, 1.807) is 48.6 Å². The van der Waals surface area contributed by atoms with Crippen molar-refractivity contribution < 1.29 is 23.1 Å². The second kappa shape index (κ2) is 11.2. The number of nitrogens with one attached hydrogen (secondary N) is 2. The molecule has 1 saturated heterocycles. The number of carboxylic acid groups (broad SMARTS) is 1. The maximum atomic E-state index is 12.8. The molecule has 9 nitrogen and oxygen atoms in total. The van der Waals surface area contributed by atoms with Crippen LogP contribution in [-0.4, -0.2) is 56.8 Å². The van der Waals surface area contributed by atoms with Gasteiger partial charge in [0.2, 0.25) is 10.0 Å². The molecule has 1 heterocycles. The fourth-order valence-corrected chi connectivity index (χ4v) is 4.90. The highest BCUT2D eigenvalue weighted by Crippen LogP contribution is 2.24. The summed E-state index contributed by atoms with van der Waals surface area (Å²) in [5.41, 5.74) is 8.19. The summed E-state index contributed by atoms with van der Waals surface area (Å²) in [7, 11) is -4.12. The monoisotopic (exact) mass is 486 g/mol. The Labute approximate surface area is 199 Å². The molecular formula is C24H30N4O5S. The summed E-state index contributed by atoms with van der Waals surface area (Å²) in [6.45, 7) is 3.62. The molecule has 1 aliphatic heterocycles. The van der Waals surface area contributed by atoms with E-state index in [2.05, 4.69) is 5.32 Å². The zero-order valence-electron chi connectivity index (χ0n) is 19.0. The van der Waals surface area contributed by atoms with Gasteiger partial charge in [-0.1, -0.05) is 24.3 Å². The number of amidine groups is 1. The van der Waals surface area contributed by atoms with E-state index in [0.29, 0.717) is 17.0 Å². The summed E-state index contributed by atoms with van der Waals surface area (Å²) in [5.74, 6) is -1.87. The third-order valence-electron chi connectivity index (χ3n) is 5.51. The van der Waals surface area contributed by atoms with E-state index in [9.17, 15) is 13.2 Å². The van der Waals surface area contributed by atoms with Gasteiger partial charge in [0.05, 0.1) is 12.2 Å². The first-order chi connectivity index (χ1) is 16.2. The average molecular weight is 487 g/mol. The standard InChI is InChI=1S/C24H30N4O5S/c1-17-4-5-19(24(25)26)15-18(17)3-2-14-28(34(31,32)16-23(29)30)20-6-8-21(9-7-20)33-22-10-12-27-13-11-22/h2-9,15,22,27H,10-14,16H2,1H3,(H3,25,26)(H,29,30)/b3-2+. The fourth-order valence-electron chi connectivity index (χ4n) is 3.67. The van der Waals surface area contributed by atoms with Crippen molar-refractivity contribution in [1.29, 1.82) is 5.41 Å². The van der Waals surface area contributed by atoms with Crippen molar-refractivity contribution in [3.05, 3.63) is 65.2 Å². The Kier molecular flexibility index (Phi) is 8.30. The van der Waals surface area contributed by atoms with Crippen LogP contribution in [0.25, 0.3) is 6.08 Å². The van der Waals surface area contributed by atoms with Crippen molar-refractivity contribution in [2.45, 2.75) is 25.9 Å². The van der Waals surface area contributed by atoms with Crippen molar-refractivity contribution in [1.82, 2.24) is 5.32 Å². The number of rotatable bonds is 10. The number of carbonyl (C=O) groups is 1. The number of hydrogen-bond acceptors (Lipinski definition) is 6. The molecular weight excluding hydrogens is 456 g/mol. The quantitative estimate of drug-likeness (QED) is 0.298. The van der Waals surface area contributed by atoms with Gasteiger partial charge in [-0.05, 0) is 74.3 Å². The molecule has 0 amide bonds. The zero-order chi connectivity index (χ0) is 24.7. The molecule has 1 fully saturated rings. The van der Waals surface area contributed by atoms with E-state index in [0.717, 1.165) is 41.4 Å². The van der Waals surface area contributed by atoms with Gasteiger partial charge in [-0.3, -0.25) is 14.5 Å². The van der Waals surface area contributed by atoms with Crippen LogP contribution in [0.2, 0.25) is 0 Å². The molecule has 10 heteroatoms. The van der Waals surface area contributed by atoms with Gasteiger partial charge in [-0.15, -0.1) is 0 Å². The number of aryl methyl sites for hydroxylation is 1. The lowest BCUT2D eigenvalue weighted by atomic mass is 10.0. The number of nitrogens with two attached hydrogens (primary N) is 1. The van der Waals surface area contributed by atoms with E-state index < -0.39 is 21.7 Å². The van der Waals surface area contributed by atoms with Crippen molar-refractivity contribution in [3.63, 3.8) is 0 Å². The second-order valence-electron chi connectivity index (χ2n) is 8.13. The van der Waals surface area contributed by atoms with Crippen molar-refractivity contribution >= 4 is 33.6 Å². The van der Waals surface area contributed by atoms with Crippen molar-refractivity contribution in [3.8, 4) is 5.75 Å². The minimum atomic E-state index is -4.12. The van der Waals surface area contributed by atoms with Crippen LogP contribution >= 0.6 is 0 Å². The normalized spacial score (nSPS) is 14.7. The molecule has 1 aliphatic rings. The highest BCUT2D eigenvalue weighted by molar-refractivity contribution is 7.93. The Balaban J connectivity index is 1.82. The second-order valence-corrected chi connectivity index (χ2v) is 10.0. The maximum Gasteiger partial charge on any atom is 0.320 e. The molecule has 0 saturated carbocycles. The van der Waals surface area contributed by atoms with Gasteiger partial charge in [-0.2, -0.15) is 0 Å². The minimum absolute atomic E-state index is 0.0617. The molecule has 0 spiro atoms. The molecule has 0 atom stereocenters. The summed E-state index contributed by atoms with van der Waals surface area (Å²) in [6.07, 6.45) is 5.28. The number of benzene rings is 2. The first-order valence-electron chi connectivity index (χ1n) is 11.0. The third-order valence-corrected chi connectivity index (χ3v) is 7.16. The van der Waals surface area contributed by atoms with E-state index in [1.807, 2.05) is 13.0 Å². The fraction of sp³-hybridized carbons (Fsp3) is 0.333. The molecule has 2 aromatic rings. The minimum Gasteiger partial charge on any atom is -0.490 e. The predicted molar refractivity (Wildman–Crippen MR) is 133 cm³/mol. The van der Waals surface area contributed by atoms with Crippen LogP contribution in [0.1, 0.15) is 29.5 Å². The first kappa shape index (κ1) is 25.3. The molecule has 34 heavy (non-hydrogen) atoms. The highest BCUT2D eigenvalue weighted by atomic mass is 32.2. The van der Waals surface area contributed by atoms with Crippen LogP contribution in [0.3, 0.4) is 0 Å². The topological polar surface area (TPSA) is 146 Å². The smallest absolute Gasteiger partial charge is 0.320 e. The lowest BCUT2D eigenvalue weighted by molar-refractivity contribution is -0.134. The number of sulfonamides is 1. The summed E-state index contributed by atoms with van der Waals surface area (Å²) < 4.78 is 32.7. The Bertz CT molecular complexity index is 1160. The maximum absolute atomic E-state index is 12.8. The largest absolute Gasteiger partial charge is 0.490 e. The van der Waals surface area contributed by atoms with Gasteiger partial charge in [-0.25, -0.2) is 8.42 Å². The number of aliphatic carboxylic acids is 1. The number of anilines is 1. The molecule has 0 radical (unpaired) electrons. The van der Waals surface area contributed by atoms with Crippen LogP contribution in [0.15, 0.2) is 48.5 Å². The highest BCUT2D eigenvalue weighted by Gasteiger charge is 2.25. The van der Waals surface area contributed by atoms with Crippen LogP contribution in [0.4, 0.5) is 5.69 Å². The van der Waals surface area contributed by atoms with Gasteiger partial charge >= 0.3 is 5.97 Å². The van der Waals surface area contributed by atoms with Crippen LogP contribution in [0, 0.1) is 12.3 Å². The molecule has 2 aromatic carbocycles. The van der Waals surface area contributed by atoms with Gasteiger partial charge in [0.25, 0.3) is 0 Å². The Morgan fingerprint density at radius 1 is 1.24 bits per heavy atom. The van der Waals surface area contributed by atoms with Gasteiger partial charge in [0.1, 0.15) is 17.7 Å². The molecule has 0 aromatic heterocycles. The van der Waals surface area contributed by atoms with E-state index >= 15 is 0 Å². The van der Waals surface area contributed by atoms with Crippen LogP contribution in [0.5, 0.6) is 5.75 Å². The van der Waals surface area contributed by atoms with E-state index in [1.165, 1.54) is 0 Å². The number of hydrogen-bond donors (Lipinski definition) is 4. The lowest BCUT2D eigenvalue weighted by Crippen LogP contribution is -2.35. The van der Waals surface area contributed by atoms with Crippen LogP contribution in [-0.2, 0) is 14.8 Å². The Morgan fingerprint density at radius 3 is 2.53 bits per heavy atom. The Hall–Kier alpha value is -3.37. The zero-order valence-corrected chi connectivity index (χ0v) is 19.8. The molecule has 0 unspecified atom stereocenters. The molecule has 3 rings (SSSR count). The molecule has 0 aliphatic carbocycles. The van der Waals surface area contributed by atoms with E-state index in [-0.39, 0.29) is 18.5 Å². The number of nitrogen functional groups attached to an aromatic ring is 1. The number of piperidine rings is 1. The summed E-state index contributed by atoms with van der Waals surface area (Å²) >= 11 is 0. The summed E-state index contributed by atoms with van der Waals surface area (Å²) in [5, 5.41) is 20.0. The van der Waals surface area contributed by atoms with Gasteiger partial charge in [0.15, 0.2) is 5.75 Å². The summed E-state index contributed by atoms with van der Waals surface area (Å²) in [6, 6.07) is 12.0.